The van der Waals surface area contributed by atoms with E-state index in [2.05, 4.69) is 26.0 Å². The highest BCUT2D eigenvalue weighted by Crippen LogP contribution is 2.25. The summed E-state index contributed by atoms with van der Waals surface area (Å²) in [5.74, 6) is -2.03. The van der Waals surface area contributed by atoms with Gasteiger partial charge in [0.15, 0.2) is 0 Å². The lowest BCUT2D eigenvalue weighted by Crippen LogP contribution is -2.35. The predicted octanol–water partition coefficient (Wildman–Crippen LogP) is 0.976. The van der Waals surface area contributed by atoms with Gasteiger partial charge in [-0.05, 0) is 28.9 Å². The highest BCUT2D eigenvalue weighted by Gasteiger charge is 2.23. The van der Waals surface area contributed by atoms with Crippen molar-refractivity contribution in [3.05, 3.63) is 28.2 Å². The Morgan fingerprint density at radius 3 is 2.55 bits per heavy atom. The number of rotatable bonds is 7. The summed E-state index contributed by atoms with van der Waals surface area (Å²) in [6.45, 7) is 2.18. The molecule has 0 aliphatic carbocycles. The summed E-state index contributed by atoms with van der Waals surface area (Å²) in [6.07, 6.45) is -0.546. The van der Waals surface area contributed by atoms with Crippen LogP contribution in [0.5, 0.6) is 0 Å². The molecule has 0 aromatic heterocycles. The van der Waals surface area contributed by atoms with Crippen molar-refractivity contribution < 1.29 is 22.3 Å². The van der Waals surface area contributed by atoms with Crippen molar-refractivity contribution in [2.45, 2.75) is 17.9 Å². The number of sulfonamides is 1. The maximum absolute atomic E-state index is 13.6. The van der Waals surface area contributed by atoms with Gasteiger partial charge in [0.2, 0.25) is 10.0 Å². The molecule has 0 saturated carbocycles. The third-order valence-corrected chi connectivity index (χ3v) is 4.69. The van der Waals surface area contributed by atoms with Crippen LogP contribution in [0.1, 0.15) is 6.92 Å². The second kappa shape index (κ2) is 7.41. The van der Waals surface area contributed by atoms with E-state index in [4.69, 9.17) is 5.11 Å². The molecule has 0 radical (unpaired) electrons. The minimum Gasteiger partial charge on any atom is -0.392 e. The number of aliphatic hydroxyl groups excluding tert-OH is 1. The molecule has 0 bridgehead atoms. The average Bonchev–Trinajstić information content (AvgIpc) is 2.25. The smallest absolute Gasteiger partial charge is 0.244 e. The van der Waals surface area contributed by atoms with Gasteiger partial charge in [-0.3, -0.25) is 0 Å². The second-order valence-corrected chi connectivity index (χ2v) is 6.71. The van der Waals surface area contributed by atoms with E-state index in [1.165, 1.54) is 0 Å². The molecule has 0 fully saturated rings. The molecule has 0 aliphatic rings. The molecule has 1 aromatic rings. The molecule has 20 heavy (non-hydrogen) atoms. The number of hydrogen-bond donors (Lipinski definition) is 3. The number of benzene rings is 1. The van der Waals surface area contributed by atoms with Crippen LogP contribution < -0.4 is 10.0 Å². The molecule has 1 aromatic carbocycles. The van der Waals surface area contributed by atoms with Gasteiger partial charge < -0.3 is 10.4 Å². The van der Waals surface area contributed by atoms with E-state index < -0.39 is 32.7 Å². The van der Waals surface area contributed by atoms with Crippen molar-refractivity contribution in [3.8, 4) is 0 Å². The maximum atomic E-state index is 13.6. The number of aliphatic hydroxyl groups is 1. The molecule has 9 heteroatoms. The van der Waals surface area contributed by atoms with Crippen LogP contribution in [-0.4, -0.2) is 39.3 Å². The van der Waals surface area contributed by atoms with Crippen LogP contribution in [0.25, 0.3) is 0 Å². The van der Waals surface area contributed by atoms with Crippen molar-refractivity contribution in [2.75, 3.05) is 19.6 Å². The summed E-state index contributed by atoms with van der Waals surface area (Å²) in [5, 5.41) is 11.8. The zero-order chi connectivity index (χ0) is 15.3. The van der Waals surface area contributed by atoms with Gasteiger partial charge in [-0.25, -0.2) is 21.9 Å². The van der Waals surface area contributed by atoms with Gasteiger partial charge in [0.25, 0.3) is 0 Å². The molecule has 0 heterocycles. The van der Waals surface area contributed by atoms with Crippen molar-refractivity contribution in [2.24, 2.45) is 0 Å². The van der Waals surface area contributed by atoms with Gasteiger partial charge in [0.05, 0.1) is 6.10 Å². The van der Waals surface area contributed by atoms with Crippen molar-refractivity contribution >= 4 is 26.0 Å². The van der Waals surface area contributed by atoms with Crippen LogP contribution in [0.15, 0.2) is 21.5 Å². The van der Waals surface area contributed by atoms with E-state index in [1.807, 2.05) is 0 Å². The third-order valence-electron chi connectivity index (χ3n) is 2.27. The topological polar surface area (TPSA) is 78.4 Å². The van der Waals surface area contributed by atoms with Crippen molar-refractivity contribution in [3.63, 3.8) is 0 Å². The standard InChI is InChI=1S/C11H15BrF2N2O3S/c1-7(17)6-15-2-3-16-20(18,19)11-9(12)4-8(13)5-10(11)14/h4-5,7,15-17H,2-3,6H2,1H3. The van der Waals surface area contributed by atoms with Crippen LogP contribution in [0, 0.1) is 11.6 Å². The summed E-state index contributed by atoms with van der Waals surface area (Å²) < 4.78 is 52.3. The summed E-state index contributed by atoms with van der Waals surface area (Å²) in [6, 6.07) is 1.38. The Hall–Kier alpha value is -0.610. The lowest BCUT2D eigenvalue weighted by Gasteiger charge is -2.11. The molecule has 0 amide bonds. The minimum atomic E-state index is -4.08. The summed E-state index contributed by atoms with van der Waals surface area (Å²) >= 11 is 2.83. The quantitative estimate of drug-likeness (QED) is 0.623. The molecule has 1 rings (SSSR count). The van der Waals surface area contributed by atoms with Crippen LogP contribution in [0.2, 0.25) is 0 Å². The van der Waals surface area contributed by atoms with Gasteiger partial charge in [-0.2, -0.15) is 0 Å². The van der Waals surface area contributed by atoms with Gasteiger partial charge in [0.1, 0.15) is 16.5 Å². The van der Waals surface area contributed by atoms with Crippen molar-refractivity contribution in [1.82, 2.24) is 10.0 Å². The Morgan fingerprint density at radius 2 is 2.00 bits per heavy atom. The molecular weight excluding hydrogens is 358 g/mol. The van der Waals surface area contributed by atoms with Gasteiger partial charge in [-0.15, -0.1) is 0 Å². The fraction of sp³-hybridized carbons (Fsp3) is 0.455. The molecule has 1 unspecified atom stereocenters. The summed E-state index contributed by atoms with van der Waals surface area (Å²) in [7, 11) is -4.08. The summed E-state index contributed by atoms with van der Waals surface area (Å²) in [4.78, 5) is -0.630. The molecule has 0 spiro atoms. The van der Waals surface area contributed by atoms with Gasteiger partial charge in [0, 0.05) is 30.2 Å². The fourth-order valence-electron chi connectivity index (χ4n) is 1.44. The van der Waals surface area contributed by atoms with E-state index in [-0.39, 0.29) is 17.6 Å². The lowest BCUT2D eigenvalue weighted by atomic mass is 10.3. The van der Waals surface area contributed by atoms with Crippen LogP contribution >= 0.6 is 15.9 Å². The first-order chi connectivity index (χ1) is 9.24. The number of hydrogen-bond acceptors (Lipinski definition) is 4. The highest BCUT2D eigenvalue weighted by molar-refractivity contribution is 9.10. The normalized spacial score (nSPS) is 13.4. The average molecular weight is 373 g/mol. The Balaban J connectivity index is 2.70. The van der Waals surface area contributed by atoms with E-state index in [0.29, 0.717) is 12.6 Å². The Bertz CT molecular complexity index is 544. The molecule has 5 nitrogen and oxygen atoms in total. The highest BCUT2D eigenvalue weighted by atomic mass is 79.9. The molecule has 0 saturated heterocycles. The first-order valence-corrected chi connectivity index (χ1v) is 8.04. The fourth-order valence-corrected chi connectivity index (χ4v) is 3.64. The number of nitrogens with one attached hydrogen (secondary N) is 2. The van der Waals surface area contributed by atoms with Crippen LogP contribution in [0.4, 0.5) is 8.78 Å². The first-order valence-electron chi connectivity index (χ1n) is 5.77. The van der Waals surface area contributed by atoms with E-state index in [9.17, 15) is 17.2 Å². The first kappa shape index (κ1) is 17.4. The lowest BCUT2D eigenvalue weighted by molar-refractivity contribution is 0.192. The largest absolute Gasteiger partial charge is 0.392 e. The second-order valence-electron chi connectivity index (χ2n) is 4.15. The Kier molecular flexibility index (Phi) is 6.46. The molecule has 0 aliphatic heterocycles. The SMILES string of the molecule is CC(O)CNCCNS(=O)(=O)c1c(F)cc(F)cc1Br. The van der Waals surface area contributed by atoms with Crippen molar-refractivity contribution in [1.29, 1.82) is 0 Å². The van der Waals surface area contributed by atoms with Gasteiger partial charge >= 0.3 is 0 Å². The summed E-state index contributed by atoms with van der Waals surface area (Å²) in [5.41, 5.74) is 0. The Labute approximate surface area is 124 Å². The van der Waals surface area contributed by atoms with Crippen LogP contribution in [-0.2, 0) is 10.0 Å². The minimum absolute atomic E-state index is 0.0122. The van der Waals surface area contributed by atoms with E-state index in [0.717, 1.165) is 6.07 Å². The molecule has 1 atom stereocenters. The van der Waals surface area contributed by atoms with E-state index in [1.54, 1.807) is 6.92 Å². The zero-order valence-electron chi connectivity index (χ0n) is 10.7. The van der Waals surface area contributed by atoms with Gasteiger partial charge in [-0.1, -0.05) is 0 Å². The Morgan fingerprint density at radius 1 is 1.35 bits per heavy atom. The maximum Gasteiger partial charge on any atom is 0.244 e. The molecular formula is C11H15BrF2N2O3S. The third kappa shape index (κ3) is 5.06. The molecule has 114 valence electrons. The number of halogens is 3. The van der Waals surface area contributed by atoms with Crippen LogP contribution in [0.3, 0.4) is 0 Å². The zero-order valence-corrected chi connectivity index (χ0v) is 13.1. The predicted molar refractivity (Wildman–Crippen MR) is 73.8 cm³/mol. The monoisotopic (exact) mass is 372 g/mol. The molecule has 3 N–H and O–H groups in total. The van der Waals surface area contributed by atoms with E-state index >= 15 is 0 Å².